The Balaban J connectivity index is 1.65. The molecule has 5 heteroatoms. The van der Waals surface area contributed by atoms with Crippen LogP contribution >= 0.6 is 0 Å². The van der Waals surface area contributed by atoms with E-state index >= 15 is 0 Å². The van der Waals surface area contributed by atoms with Crippen molar-refractivity contribution in [3.8, 4) is 5.75 Å². The van der Waals surface area contributed by atoms with Crippen LogP contribution in [0.2, 0.25) is 0 Å². The molecular weight excluding hydrogens is 292 g/mol. The zero-order valence-electron chi connectivity index (χ0n) is 13.1. The molecule has 3 rings (SSSR count). The Kier molecular flexibility index (Phi) is 4.28. The van der Waals surface area contributed by atoms with E-state index in [-0.39, 0.29) is 12.3 Å². The van der Waals surface area contributed by atoms with Crippen LogP contribution in [0.3, 0.4) is 0 Å². The lowest BCUT2D eigenvalue weighted by Crippen LogP contribution is -2.24. The van der Waals surface area contributed by atoms with Gasteiger partial charge in [-0.2, -0.15) is 0 Å². The van der Waals surface area contributed by atoms with Crippen LogP contribution in [-0.2, 0) is 17.8 Å². The summed E-state index contributed by atoms with van der Waals surface area (Å²) < 4.78 is 10.4. The number of aryl methyl sites for hydroxylation is 1. The molecule has 1 N–H and O–H groups in total. The van der Waals surface area contributed by atoms with Crippen LogP contribution in [-0.4, -0.2) is 18.2 Å². The molecule has 1 aromatic heterocycles. The fraction of sp³-hybridized carbons (Fsp3) is 0.222. The molecule has 1 amide bonds. The van der Waals surface area contributed by atoms with Gasteiger partial charge in [-0.05, 0) is 36.8 Å². The maximum Gasteiger partial charge on any atom is 0.226 e. The smallest absolute Gasteiger partial charge is 0.226 e. The summed E-state index contributed by atoms with van der Waals surface area (Å²) in [6.07, 6.45) is 0.195. The molecule has 0 aliphatic carbocycles. The highest BCUT2D eigenvalue weighted by atomic mass is 16.5. The SMILES string of the molecule is COc1cccc(CNC(=O)Cc2noc3ccc(C)cc23)c1. The Morgan fingerprint density at radius 2 is 2.13 bits per heavy atom. The number of fused-ring (bicyclic) bond motifs is 1. The molecule has 0 saturated carbocycles. The van der Waals surface area contributed by atoms with Crippen LogP contribution in [0.1, 0.15) is 16.8 Å². The van der Waals surface area contributed by atoms with Gasteiger partial charge in [-0.1, -0.05) is 28.9 Å². The first-order valence-electron chi connectivity index (χ1n) is 7.40. The van der Waals surface area contributed by atoms with E-state index in [4.69, 9.17) is 9.26 Å². The first-order valence-corrected chi connectivity index (χ1v) is 7.40. The second-order valence-corrected chi connectivity index (χ2v) is 5.43. The van der Waals surface area contributed by atoms with Crippen molar-refractivity contribution in [2.75, 3.05) is 7.11 Å². The summed E-state index contributed by atoms with van der Waals surface area (Å²) in [5.74, 6) is 0.680. The number of nitrogens with zero attached hydrogens (tertiary/aromatic N) is 1. The lowest BCUT2D eigenvalue weighted by atomic mass is 10.1. The topological polar surface area (TPSA) is 64.4 Å². The minimum Gasteiger partial charge on any atom is -0.497 e. The first kappa shape index (κ1) is 15.1. The molecule has 0 aliphatic heterocycles. The van der Waals surface area contributed by atoms with Gasteiger partial charge in [0.05, 0.1) is 13.5 Å². The lowest BCUT2D eigenvalue weighted by molar-refractivity contribution is -0.120. The summed E-state index contributed by atoms with van der Waals surface area (Å²) in [5, 5.41) is 7.78. The van der Waals surface area contributed by atoms with E-state index in [9.17, 15) is 4.79 Å². The minimum atomic E-state index is -0.0930. The number of hydrogen-bond donors (Lipinski definition) is 1. The van der Waals surface area contributed by atoms with Crippen molar-refractivity contribution >= 4 is 16.9 Å². The van der Waals surface area contributed by atoms with E-state index in [0.29, 0.717) is 17.8 Å². The number of methoxy groups -OCH3 is 1. The van der Waals surface area contributed by atoms with Gasteiger partial charge in [0, 0.05) is 11.9 Å². The molecule has 5 nitrogen and oxygen atoms in total. The van der Waals surface area contributed by atoms with Crippen LogP contribution in [0.25, 0.3) is 11.0 Å². The third kappa shape index (κ3) is 3.51. The van der Waals surface area contributed by atoms with Crippen molar-refractivity contribution < 1.29 is 14.1 Å². The normalized spacial score (nSPS) is 10.7. The standard InChI is InChI=1S/C18H18N2O3/c1-12-6-7-17-15(8-12)16(20-23-17)10-18(21)19-11-13-4-3-5-14(9-13)22-2/h3-9H,10-11H2,1-2H3,(H,19,21). The molecule has 3 aromatic rings. The van der Waals surface area contributed by atoms with Crippen LogP contribution in [0.15, 0.2) is 47.0 Å². The van der Waals surface area contributed by atoms with Gasteiger partial charge in [0.25, 0.3) is 0 Å². The minimum absolute atomic E-state index is 0.0930. The number of amides is 1. The Hall–Kier alpha value is -2.82. The molecule has 118 valence electrons. The monoisotopic (exact) mass is 310 g/mol. The van der Waals surface area contributed by atoms with Gasteiger partial charge >= 0.3 is 0 Å². The van der Waals surface area contributed by atoms with Crippen LogP contribution in [0.4, 0.5) is 0 Å². The molecule has 0 aliphatic rings. The largest absolute Gasteiger partial charge is 0.497 e. The average Bonchev–Trinajstić information content (AvgIpc) is 2.95. The molecule has 0 bridgehead atoms. The highest BCUT2D eigenvalue weighted by molar-refractivity contribution is 5.86. The van der Waals surface area contributed by atoms with E-state index < -0.39 is 0 Å². The number of hydrogen-bond acceptors (Lipinski definition) is 4. The summed E-state index contributed by atoms with van der Waals surface area (Å²) >= 11 is 0. The van der Waals surface area contributed by atoms with Crippen LogP contribution < -0.4 is 10.1 Å². The number of nitrogens with one attached hydrogen (secondary N) is 1. The first-order chi connectivity index (χ1) is 11.2. The van der Waals surface area contributed by atoms with Crippen molar-refractivity contribution in [2.24, 2.45) is 0 Å². The number of aromatic nitrogens is 1. The second kappa shape index (κ2) is 6.52. The Morgan fingerprint density at radius 3 is 2.96 bits per heavy atom. The lowest BCUT2D eigenvalue weighted by Gasteiger charge is -2.06. The summed E-state index contributed by atoms with van der Waals surface area (Å²) in [4.78, 5) is 12.1. The summed E-state index contributed by atoms with van der Waals surface area (Å²) in [5.41, 5.74) is 3.45. The Labute approximate surface area is 134 Å². The second-order valence-electron chi connectivity index (χ2n) is 5.43. The van der Waals surface area contributed by atoms with Crippen LogP contribution in [0.5, 0.6) is 5.75 Å². The summed E-state index contributed by atoms with van der Waals surface area (Å²) in [6.45, 7) is 2.45. The summed E-state index contributed by atoms with van der Waals surface area (Å²) in [7, 11) is 1.62. The van der Waals surface area contributed by atoms with Gasteiger partial charge in [0.1, 0.15) is 11.4 Å². The van der Waals surface area contributed by atoms with E-state index in [1.807, 2.05) is 49.4 Å². The summed E-state index contributed by atoms with van der Waals surface area (Å²) in [6, 6.07) is 13.4. The van der Waals surface area contributed by atoms with Crippen molar-refractivity contribution in [3.63, 3.8) is 0 Å². The molecule has 0 radical (unpaired) electrons. The highest BCUT2D eigenvalue weighted by Crippen LogP contribution is 2.20. The number of carbonyl (C=O) groups is 1. The number of carbonyl (C=O) groups excluding carboxylic acids is 1. The molecule has 2 aromatic carbocycles. The number of ether oxygens (including phenoxy) is 1. The maximum atomic E-state index is 12.1. The van der Waals surface area contributed by atoms with Crippen molar-refractivity contribution in [1.29, 1.82) is 0 Å². The quantitative estimate of drug-likeness (QED) is 0.787. The van der Waals surface area contributed by atoms with E-state index in [0.717, 1.165) is 22.3 Å². The van der Waals surface area contributed by atoms with Gasteiger partial charge < -0.3 is 14.6 Å². The van der Waals surface area contributed by atoms with E-state index in [1.54, 1.807) is 7.11 Å². The van der Waals surface area contributed by atoms with Crippen molar-refractivity contribution in [1.82, 2.24) is 10.5 Å². The van der Waals surface area contributed by atoms with Crippen molar-refractivity contribution in [3.05, 3.63) is 59.3 Å². The third-order valence-corrected chi connectivity index (χ3v) is 3.65. The fourth-order valence-electron chi connectivity index (χ4n) is 2.43. The number of benzene rings is 2. The Bertz CT molecular complexity index is 839. The van der Waals surface area contributed by atoms with Gasteiger partial charge in [-0.15, -0.1) is 0 Å². The molecule has 23 heavy (non-hydrogen) atoms. The van der Waals surface area contributed by atoms with Gasteiger partial charge in [-0.3, -0.25) is 4.79 Å². The highest BCUT2D eigenvalue weighted by Gasteiger charge is 2.12. The van der Waals surface area contributed by atoms with Gasteiger partial charge in [-0.25, -0.2) is 0 Å². The van der Waals surface area contributed by atoms with E-state index in [2.05, 4.69) is 10.5 Å². The predicted molar refractivity (Wildman–Crippen MR) is 87.3 cm³/mol. The molecule has 0 fully saturated rings. The van der Waals surface area contributed by atoms with E-state index in [1.165, 1.54) is 0 Å². The fourth-order valence-corrected chi connectivity index (χ4v) is 2.43. The average molecular weight is 310 g/mol. The molecule has 0 spiro atoms. The number of rotatable bonds is 5. The van der Waals surface area contributed by atoms with Gasteiger partial charge in [0.2, 0.25) is 5.91 Å². The molecule has 0 unspecified atom stereocenters. The van der Waals surface area contributed by atoms with Gasteiger partial charge in [0.15, 0.2) is 5.58 Å². The molecule has 0 atom stereocenters. The molecule has 0 saturated heterocycles. The Morgan fingerprint density at radius 1 is 1.26 bits per heavy atom. The van der Waals surface area contributed by atoms with Crippen molar-refractivity contribution in [2.45, 2.75) is 19.9 Å². The molecular formula is C18H18N2O3. The zero-order valence-corrected chi connectivity index (χ0v) is 13.1. The van der Waals surface area contributed by atoms with Crippen LogP contribution in [0, 0.1) is 6.92 Å². The third-order valence-electron chi connectivity index (χ3n) is 3.65. The maximum absolute atomic E-state index is 12.1. The molecule has 1 heterocycles. The predicted octanol–water partition coefficient (Wildman–Crippen LogP) is 3.00. The zero-order chi connectivity index (χ0) is 16.2.